The summed E-state index contributed by atoms with van der Waals surface area (Å²) in [5.74, 6) is -0.378. The molecule has 0 aromatic carbocycles. The van der Waals surface area contributed by atoms with Crippen LogP contribution in [0.4, 0.5) is 9.18 Å². The quantitative estimate of drug-likeness (QED) is 0.738. The van der Waals surface area contributed by atoms with Crippen molar-refractivity contribution in [1.82, 2.24) is 15.1 Å². The van der Waals surface area contributed by atoms with Crippen molar-refractivity contribution in [1.29, 1.82) is 0 Å². The van der Waals surface area contributed by atoms with Gasteiger partial charge in [0.15, 0.2) is 0 Å². The minimum atomic E-state index is -1.04. The molecule has 7 heteroatoms. The van der Waals surface area contributed by atoms with Gasteiger partial charge in [0.1, 0.15) is 12.8 Å². The highest BCUT2D eigenvalue weighted by Gasteiger charge is 2.41. The molecule has 0 radical (unpaired) electrons. The maximum atomic E-state index is 14.0. The zero-order chi connectivity index (χ0) is 14.3. The second kappa shape index (κ2) is 5.05. The fraction of sp³-hybridized carbons (Fsp3) is 0.692. The number of alkyl halides is 1. The first-order chi connectivity index (χ1) is 9.59. The van der Waals surface area contributed by atoms with Crippen LogP contribution in [0.3, 0.4) is 0 Å². The third-order valence-corrected chi connectivity index (χ3v) is 4.22. The molecule has 3 aliphatic rings. The molecule has 0 bridgehead atoms. The summed E-state index contributed by atoms with van der Waals surface area (Å²) in [5, 5.41) is 2.98. The van der Waals surface area contributed by atoms with E-state index in [1.807, 2.05) is 0 Å². The molecule has 2 saturated heterocycles. The van der Waals surface area contributed by atoms with E-state index < -0.39 is 6.17 Å². The second-order valence-electron chi connectivity index (χ2n) is 5.35. The lowest BCUT2D eigenvalue weighted by Crippen LogP contribution is -2.52. The van der Waals surface area contributed by atoms with Crippen LogP contribution in [-0.4, -0.2) is 66.8 Å². The van der Waals surface area contributed by atoms with Crippen molar-refractivity contribution in [3.63, 3.8) is 0 Å². The molecule has 3 heterocycles. The van der Waals surface area contributed by atoms with Crippen LogP contribution in [0.15, 0.2) is 11.3 Å². The first-order valence-electron chi connectivity index (χ1n) is 6.89. The van der Waals surface area contributed by atoms with Crippen molar-refractivity contribution >= 4 is 12.0 Å². The number of cyclic esters (lactones) is 1. The predicted molar refractivity (Wildman–Crippen MR) is 68.6 cm³/mol. The molecular formula is C13H18FN3O3. The lowest BCUT2D eigenvalue weighted by atomic mass is 10.0. The number of hydrogen-bond acceptors (Lipinski definition) is 4. The molecule has 0 aromatic heterocycles. The van der Waals surface area contributed by atoms with E-state index in [0.717, 1.165) is 6.54 Å². The highest BCUT2D eigenvalue weighted by molar-refractivity contribution is 5.92. The number of carbonyl (C=O) groups is 2. The second-order valence-corrected chi connectivity index (χ2v) is 5.35. The molecule has 0 spiro atoms. The monoisotopic (exact) mass is 283 g/mol. The standard InChI is InChI=1S/C13H18FN3O3/c1-8-11(7-20-12(8)18)17-5-4-16(13(17)19)10-2-3-15-6-9(10)14/h9-10,15H,2-7H2,1H3/t9-,10-/m1/s1. The summed E-state index contributed by atoms with van der Waals surface area (Å²) in [6.07, 6.45) is -0.419. The number of ether oxygens (including phenoxy) is 1. The summed E-state index contributed by atoms with van der Waals surface area (Å²) in [7, 11) is 0. The molecule has 2 amide bonds. The molecule has 0 aliphatic carbocycles. The summed E-state index contributed by atoms with van der Waals surface area (Å²) < 4.78 is 18.9. The molecule has 0 aromatic rings. The van der Waals surface area contributed by atoms with Gasteiger partial charge < -0.3 is 15.0 Å². The summed E-state index contributed by atoms with van der Waals surface area (Å²) >= 11 is 0. The minimum absolute atomic E-state index is 0.134. The van der Waals surface area contributed by atoms with Crippen molar-refractivity contribution in [2.75, 3.05) is 32.8 Å². The number of nitrogens with one attached hydrogen (secondary N) is 1. The molecule has 0 saturated carbocycles. The van der Waals surface area contributed by atoms with Gasteiger partial charge in [-0.15, -0.1) is 0 Å². The van der Waals surface area contributed by atoms with Gasteiger partial charge in [0.2, 0.25) is 0 Å². The van der Waals surface area contributed by atoms with E-state index in [4.69, 9.17) is 4.74 Å². The Bertz CT molecular complexity index is 479. The summed E-state index contributed by atoms with van der Waals surface area (Å²) in [4.78, 5) is 27.0. The van der Waals surface area contributed by atoms with Crippen molar-refractivity contribution in [2.45, 2.75) is 25.6 Å². The van der Waals surface area contributed by atoms with Crippen LogP contribution in [0, 0.1) is 0 Å². The van der Waals surface area contributed by atoms with Crippen LogP contribution in [0.25, 0.3) is 0 Å². The number of halogens is 1. The zero-order valence-corrected chi connectivity index (χ0v) is 11.4. The Labute approximate surface area is 116 Å². The Morgan fingerprint density at radius 2 is 2.15 bits per heavy atom. The van der Waals surface area contributed by atoms with E-state index in [1.165, 1.54) is 0 Å². The van der Waals surface area contributed by atoms with Crippen LogP contribution in [0.1, 0.15) is 13.3 Å². The molecule has 2 atom stereocenters. The number of nitrogens with zero attached hydrogens (tertiary/aromatic N) is 2. The van der Waals surface area contributed by atoms with Gasteiger partial charge in [0, 0.05) is 19.6 Å². The normalized spacial score (nSPS) is 31.3. The predicted octanol–water partition coefficient (Wildman–Crippen LogP) is 0.255. The summed E-state index contributed by atoms with van der Waals surface area (Å²) in [5.41, 5.74) is 1.09. The van der Waals surface area contributed by atoms with Gasteiger partial charge in [-0.1, -0.05) is 0 Å². The number of urea groups is 1. The van der Waals surface area contributed by atoms with E-state index in [1.54, 1.807) is 16.7 Å². The fourth-order valence-electron chi connectivity index (χ4n) is 3.02. The lowest BCUT2D eigenvalue weighted by molar-refractivity contribution is -0.136. The van der Waals surface area contributed by atoms with Gasteiger partial charge in [-0.3, -0.25) is 4.90 Å². The average molecular weight is 283 g/mol. The number of rotatable bonds is 2. The molecule has 3 rings (SSSR count). The zero-order valence-electron chi connectivity index (χ0n) is 11.4. The van der Waals surface area contributed by atoms with E-state index >= 15 is 0 Å². The van der Waals surface area contributed by atoms with E-state index in [0.29, 0.717) is 30.8 Å². The molecule has 1 N–H and O–H groups in total. The number of carbonyl (C=O) groups excluding carboxylic acids is 2. The third-order valence-electron chi connectivity index (χ3n) is 4.22. The SMILES string of the molecule is CC1=C(N2CCN([C@@H]3CCNC[C@H]3F)C2=O)COC1=O. The first kappa shape index (κ1) is 13.4. The van der Waals surface area contributed by atoms with Crippen LogP contribution < -0.4 is 5.32 Å². The van der Waals surface area contributed by atoms with Crippen molar-refractivity contribution in [2.24, 2.45) is 0 Å². The molecule has 110 valence electrons. The lowest BCUT2D eigenvalue weighted by Gasteiger charge is -2.34. The Hall–Kier alpha value is -1.63. The Balaban J connectivity index is 1.76. The van der Waals surface area contributed by atoms with Crippen molar-refractivity contribution in [3.8, 4) is 0 Å². The number of amides is 2. The van der Waals surface area contributed by atoms with Gasteiger partial charge in [-0.2, -0.15) is 0 Å². The molecule has 20 heavy (non-hydrogen) atoms. The highest BCUT2D eigenvalue weighted by Crippen LogP contribution is 2.27. The third kappa shape index (κ3) is 2.06. The average Bonchev–Trinajstić information content (AvgIpc) is 2.95. The van der Waals surface area contributed by atoms with Crippen molar-refractivity contribution < 1.29 is 18.7 Å². The Morgan fingerprint density at radius 3 is 2.80 bits per heavy atom. The summed E-state index contributed by atoms with van der Waals surface area (Å²) in [6, 6.07) is -0.583. The highest BCUT2D eigenvalue weighted by atomic mass is 19.1. The molecule has 0 unspecified atom stereocenters. The smallest absolute Gasteiger partial charge is 0.336 e. The molecule has 2 fully saturated rings. The van der Waals surface area contributed by atoms with E-state index in [-0.39, 0.29) is 31.2 Å². The fourth-order valence-corrected chi connectivity index (χ4v) is 3.02. The van der Waals surface area contributed by atoms with Gasteiger partial charge in [0.05, 0.1) is 17.3 Å². The van der Waals surface area contributed by atoms with Crippen molar-refractivity contribution in [3.05, 3.63) is 11.3 Å². The molecule has 3 aliphatic heterocycles. The number of piperidine rings is 1. The topological polar surface area (TPSA) is 61.9 Å². The number of hydrogen-bond donors (Lipinski definition) is 1. The summed E-state index contributed by atoms with van der Waals surface area (Å²) in [6.45, 7) is 3.78. The maximum absolute atomic E-state index is 14.0. The molecule has 6 nitrogen and oxygen atoms in total. The minimum Gasteiger partial charge on any atom is -0.456 e. The first-order valence-corrected chi connectivity index (χ1v) is 6.89. The largest absolute Gasteiger partial charge is 0.456 e. The van der Waals surface area contributed by atoms with E-state index in [2.05, 4.69) is 5.32 Å². The van der Waals surface area contributed by atoms with Crippen LogP contribution in [0.2, 0.25) is 0 Å². The van der Waals surface area contributed by atoms with Gasteiger partial charge >= 0.3 is 12.0 Å². The number of esters is 1. The van der Waals surface area contributed by atoms with Crippen LogP contribution >= 0.6 is 0 Å². The van der Waals surface area contributed by atoms with E-state index in [9.17, 15) is 14.0 Å². The van der Waals surface area contributed by atoms with Gasteiger partial charge in [0.25, 0.3) is 0 Å². The van der Waals surface area contributed by atoms with Gasteiger partial charge in [-0.05, 0) is 19.9 Å². The molecular weight excluding hydrogens is 265 g/mol. The van der Waals surface area contributed by atoms with Crippen LogP contribution in [0.5, 0.6) is 0 Å². The Kier molecular flexibility index (Phi) is 3.37. The van der Waals surface area contributed by atoms with Crippen LogP contribution in [-0.2, 0) is 9.53 Å². The Morgan fingerprint density at radius 1 is 1.35 bits per heavy atom. The van der Waals surface area contributed by atoms with Gasteiger partial charge in [-0.25, -0.2) is 14.0 Å². The maximum Gasteiger partial charge on any atom is 0.336 e.